The van der Waals surface area contributed by atoms with Gasteiger partial charge in [0.25, 0.3) is 0 Å². The van der Waals surface area contributed by atoms with Crippen LogP contribution in [0.4, 0.5) is 0 Å². The van der Waals surface area contributed by atoms with Crippen LogP contribution >= 0.6 is 0 Å². The minimum absolute atomic E-state index is 0.128. The van der Waals surface area contributed by atoms with Crippen LogP contribution in [0.5, 0.6) is 0 Å². The maximum Gasteiger partial charge on any atom is 0.307 e. The Labute approximate surface area is 159 Å². The summed E-state index contributed by atoms with van der Waals surface area (Å²) < 4.78 is 7.23. The lowest BCUT2D eigenvalue weighted by atomic mass is 9.87. The second-order valence-corrected chi connectivity index (χ2v) is 7.64. The molecule has 2 heterocycles. The van der Waals surface area contributed by atoms with Crippen LogP contribution in [0.25, 0.3) is 5.69 Å². The Morgan fingerprint density at radius 1 is 1.15 bits per heavy atom. The normalized spacial score (nSPS) is 11.9. The molecule has 2 aromatic heterocycles. The smallest absolute Gasteiger partial charge is 0.307 e. The summed E-state index contributed by atoms with van der Waals surface area (Å²) in [5.41, 5.74) is 8.14. The first kappa shape index (κ1) is 18.7. The Hall–Kier alpha value is -3.08. The zero-order chi connectivity index (χ0) is 19.6. The van der Waals surface area contributed by atoms with Crippen LogP contribution in [0.15, 0.2) is 58.2 Å². The number of hydrazone groups is 1. The lowest BCUT2D eigenvalue weighted by molar-refractivity contribution is 0.0927. The van der Waals surface area contributed by atoms with Crippen molar-refractivity contribution in [3.05, 3.63) is 77.0 Å². The van der Waals surface area contributed by atoms with Gasteiger partial charge in [-0.25, -0.2) is 5.43 Å². The second kappa shape index (κ2) is 7.27. The summed E-state index contributed by atoms with van der Waals surface area (Å²) in [6, 6.07) is 13.9. The number of carbonyl (C=O) groups is 1. The molecule has 0 aliphatic heterocycles. The zero-order valence-corrected chi connectivity index (χ0v) is 16.4. The van der Waals surface area contributed by atoms with Gasteiger partial charge in [0.1, 0.15) is 0 Å². The third-order valence-corrected chi connectivity index (χ3v) is 4.58. The fraction of sp³-hybridized carbons (Fsp3) is 0.273. The lowest BCUT2D eigenvalue weighted by Gasteiger charge is -2.20. The number of nitrogens with one attached hydrogen (secondary N) is 1. The summed E-state index contributed by atoms with van der Waals surface area (Å²) >= 11 is 0. The molecule has 0 unspecified atom stereocenters. The minimum atomic E-state index is -0.372. The Morgan fingerprint density at radius 3 is 2.44 bits per heavy atom. The highest BCUT2D eigenvalue weighted by molar-refractivity contribution is 5.92. The van der Waals surface area contributed by atoms with E-state index in [1.165, 1.54) is 11.8 Å². The van der Waals surface area contributed by atoms with Crippen molar-refractivity contribution in [3.63, 3.8) is 0 Å². The standard InChI is InChI=1S/C22H25N3O2/c1-15-13-17(14-23-24-21(26)20-7-6-12-27-20)16(2)25(15)19-10-8-18(9-11-19)22(3,4)5/h6-14H,1-5H3,(H,24,26). The number of hydrogen-bond acceptors (Lipinski definition) is 3. The van der Waals surface area contributed by atoms with Crippen LogP contribution in [-0.4, -0.2) is 16.7 Å². The molecule has 0 atom stereocenters. The molecule has 5 nitrogen and oxygen atoms in total. The van der Waals surface area contributed by atoms with E-state index >= 15 is 0 Å². The maximum absolute atomic E-state index is 11.9. The zero-order valence-electron chi connectivity index (χ0n) is 16.4. The maximum atomic E-state index is 11.9. The number of benzene rings is 1. The van der Waals surface area contributed by atoms with Crippen molar-refractivity contribution >= 4 is 12.1 Å². The third-order valence-electron chi connectivity index (χ3n) is 4.58. The molecule has 0 saturated heterocycles. The molecule has 5 heteroatoms. The molecule has 0 aliphatic carbocycles. The summed E-state index contributed by atoms with van der Waals surface area (Å²) in [7, 11) is 0. The summed E-state index contributed by atoms with van der Waals surface area (Å²) in [6.45, 7) is 10.7. The number of carbonyl (C=O) groups excluding carboxylic acids is 1. The summed E-state index contributed by atoms with van der Waals surface area (Å²) in [4.78, 5) is 11.9. The SMILES string of the molecule is Cc1cc(C=NNC(=O)c2ccco2)c(C)n1-c1ccc(C(C)(C)C)cc1. The molecule has 1 amide bonds. The molecule has 0 fully saturated rings. The quantitative estimate of drug-likeness (QED) is 0.537. The molecular weight excluding hydrogens is 338 g/mol. The number of amides is 1. The van der Waals surface area contributed by atoms with Gasteiger partial charge in [-0.3, -0.25) is 4.79 Å². The first-order valence-corrected chi connectivity index (χ1v) is 8.94. The van der Waals surface area contributed by atoms with Crippen LogP contribution in [0.1, 0.15) is 53.8 Å². The van der Waals surface area contributed by atoms with Gasteiger partial charge < -0.3 is 8.98 Å². The van der Waals surface area contributed by atoms with Gasteiger partial charge in [0, 0.05) is 22.6 Å². The highest BCUT2D eigenvalue weighted by Gasteiger charge is 2.15. The number of rotatable bonds is 4. The largest absolute Gasteiger partial charge is 0.459 e. The fourth-order valence-corrected chi connectivity index (χ4v) is 3.05. The summed E-state index contributed by atoms with van der Waals surface area (Å²) in [5.74, 6) is -0.139. The first-order valence-electron chi connectivity index (χ1n) is 8.94. The van der Waals surface area contributed by atoms with Gasteiger partial charge in [0.05, 0.1) is 12.5 Å². The number of aryl methyl sites for hydroxylation is 1. The second-order valence-electron chi connectivity index (χ2n) is 7.64. The van der Waals surface area contributed by atoms with E-state index in [1.54, 1.807) is 18.3 Å². The van der Waals surface area contributed by atoms with Crippen LogP contribution in [0.3, 0.4) is 0 Å². The lowest BCUT2D eigenvalue weighted by Crippen LogP contribution is -2.16. The van der Waals surface area contributed by atoms with Gasteiger partial charge >= 0.3 is 5.91 Å². The van der Waals surface area contributed by atoms with Crippen molar-refractivity contribution in [3.8, 4) is 5.69 Å². The van der Waals surface area contributed by atoms with E-state index in [9.17, 15) is 4.79 Å². The van der Waals surface area contributed by atoms with Crippen molar-refractivity contribution in [1.82, 2.24) is 9.99 Å². The average molecular weight is 363 g/mol. The molecular formula is C22H25N3O2. The summed E-state index contributed by atoms with van der Waals surface area (Å²) in [5, 5.41) is 4.05. The van der Waals surface area contributed by atoms with E-state index in [4.69, 9.17) is 4.42 Å². The van der Waals surface area contributed by atoms with E-state index in [1.807, 2.05) is 6.92 Å². The van der Waals surface area contributed by atoms with Gasteiger partial charge in [-0.2, -0.15) is 5.10 Å². The molecule has 3 rings (SSSR count). The van der Waals surface area contributed by atoms with Gasteiger partial charge in [-0.15, -0.1) is 0 Å². The molecule has 140 valence electrons. The van der Waals surface area contributed by atoms with Crippen molar-refractivity contribution < 1.29 is 9.21 Å². The van der Waals surface area contributed by atoms with Crippen molar-refractivity contribution in [1.29, 1.82) is 0 Å². The molecule has 0 bridgehead atoms. The van der Waals surface area contributed by atoms with Gasteiger partial charge in [-0.05, 0) is 55.2 Å². The molecule has 0 spiro atoms. The van der Waals surface area contributed by atoms with Crippen LogP contribution in [0.2, 0.25) is 0 Å². The molecule has 27 heavy (non-hydrogen) atoms. The van der Waals surface area contributed by atoms with Gasteiger partial charge in [-0.1, -0.05) is 32.9 Å². The van der Waals surface area contributed by atoms with Crippen molar-refractivity contribution in [2.24, 2.45) is 5.10 Å². The molecule has 0 saturated carbocycles. The molecule has 1 aromatic carbocycles. The van der Waals surface area contributed by atoms with Crippen LogP contribution < -0.4 is 5.43 Å². The molecule has 1 N–H and O–H groups in total. The number of furan rings is 1. The van der Waals surface area contributed by atoms with Crippen LogP contribution in [0, 0.1) is 13.8 Å². The number of hydrogen-bond donors (Lipinski definition) is 1. The van der Waals surface area contributed by atoms with Gasteiger partial charge in [0.15, 0.2) is 5.76 Å². The Bertz CT molecular complexity index is 956. The van der Waals surface area contributed by atoms with E-state index in [0.717, 1.165) is 22.6 Å². The molecule has 0 aliphatic rings. The Morgan fingerprint density at radius 2 is 1.85 bits per heavy atom. The molecule has 0 radical (unpaired) electrons. The summed E-state index contributed by atoms with van der Waals surface area (Å²) in [6.07, 6.45) is 3.11. The molecule has 3 aromatic rings. The highest BCUT2D eigenvalue weighted by atomic mass is 16.3. The first-order chi connectivity index (χ1) is 12.8. The van der Waals surface area contributed by atoms with E-state index in [2.05, 4.69) is 73.1 Å². The van der Waals surface area contributed by atoms with E-state index in [0.29, 0.717) is 0 Å². The topological polar surface area (TPSA) is 59.5 Å². The van der Waals surface area contributed by atoms with Gasteiger partial charge in [0.2, 0.25) is 0 Å². The third kappa shape index (κ3) is 4.03. The Balaban J connectivity index is 1.80. The van der Waals surface area contributed by atoms with Crippen LogP contribution in [-0.2, 0) is 5.41 Å². The monoisotopic (exact) mass is 363 g/mol. The number of aromatic nitrogens is 1. The Kier molecular flexibility index (Phi) is 5.04. The van der Waals surface area contributed by atoms with Crippen molar-refractivity contribution in [2.75, 3.05) is 0 Å². The minimum Gasteiger partial charge on any atom is -0.459 e. The predicted octanol–water partition coefficient (Wildman–Crippen LogP) is 4.75. The predicted molar refractivity (Wildman–Crippen MR) is 108 cm³/mol. The highest BCUT2D eigenvalue weighted by Crippen LogP contribution is 2.25. The van der Waals surface area contributed by atoms with E-state index < -0.39 is 0 Å². The van der Waals surface area contributed by atoms with Crippen molar-refractivity contribution in [2.45, 2.75) is 40.0 Å². The fourth-order valence-electron chi connectivity index (χ4n) is 3.05. The number of nitrogens with zero attached hydrogens (tertiary/aromatic N) is 2. The average Bonchev–Trinajstić information content (AvgIpc) is 3.23. The van der Waals surface area contributed by atoms with E-state index in [-0.39, 0.29) is 17.1 Å².